The highest BCUT2D eigenvalue weighted by Gasteiger charge is 2.23. The van der Waals surface area contributed by atoms with Crippen molar-refractivity contribution in [3.8, 4) is 11.8 Å². The second-order valence-corrected chi connectivity index (χ2v) is 10.3. The lowest BCUT2D eigenvalue weighted by Gasteiger charge is -2.34. The maximum Gasteiger partial charge on any atom is 0.322 e. The summed E-state index contributed by atoms with van der Waals surface area (Å²) in [6.07, 6.45) is 0. The summed E-state index contributed by atoms with van der Waals surface area (Å²) < 4.78 is 35.9. The quantitative estimate of drug-likeness (QED) is 0.499. The van der Waals surface area contributed by atoms with Gasteiger partial charge in [-0.25, -0.2) is 13.1 Å². The number of rotatable bonds is 9. The van der Waals surface area contributed by atoms with Crippen molar-refractivity contribution in [1.82, 2.24) is 24.4 Å². The van der Waals surface area contributed by atoms with Crippen LogP contribution >= 0.6 is 0 Å². The van der Waals surface area contributed by atoms with Crippen LogP contribution in [0, 0.1) is 0 Å². The molecule has 1 N–H and O–H groups in total. The molecule has 3 aromatic rings. The van der Waals surface area contributed by atoms with Crippen LogP contribution in [0.3, 0.4) is 0 Å². The number of sulfonamides is 1. The zero-order valence-electron chi connectivity index (χ0n) is 19.9. The molecule has 9 nitrogen and oxygen atoms in total. The molecule has 1 fully saturated rings. The lowest BCUT2D eigenvalue weighted by Crippen LogP contribution is -2.44. The normalized spacial score (nSPS) is 15.9. The lowest BCUT2D eigenvalue weighted by atomic mass is 10.2. The van der Waals surface area contributed by atoms with Gasteiger partial charge in [0.25, 0.3) is 0 Å². The van der Waals surface area contributed by atoms with Gasteiger partial charge in [0, 0.05) is 44.5 Å². The van der Waals surface area contributed by atoms with Crippen LogP contribution in [0.15, 0.2) is 54.6 Å². The van der Waals surface area contributed by atoms with E-state index >= 15 is 0 Å². The van der Waals surface area contributed by atoms with Gasteiger partial charge in [-0.05, 0) is 38.6 Å². The van der Waals surface area contributed by atoms with Gasteiger partial charge < -0.3 is 14.5 Å². The van der Waals surface area contributed by atoms with E-state index in [9.17, 15) is 8.42 Å². The van der Waals surface area contributed by atoms with Crippen LogP contribution in [0.1, 0.15) is 31.3 Å². The molecule has 1 atom stereocenters. The van der Waals surface area contributed by atoms with Gasteiger partial charge >= 0.3 is 6.01 Å². The molecule has 1 saturated heterocycles. The number of aromatic nitrogens is 3. The van der Waals surface area contributed by atoms with Crippen molar-refractivity contribution < 1.29 is 13.2 Å². The number of piperazine rings is 1. The van der Waals surface area contributed by atoms with Crippen molar-refractivity contribution in [2.45, 2.75) is 32.2 Å². The van der Waals surface area contributed by atoms with Crippen molar-refractivity contribution in [1.29, 1.82) is 0 Å². The Bertz CT molecular complexity index is 1190. The van der Waals surface area contributed by atoms with E-state index in [1.165, 1.54) is 0 Å². The Morgan fingerprint density at radius 1 is 1.03 bits per heavy atom. The van der Waals surface area contributed by atoms with Crippen molar-refractivity contribution in [2.75, 3.05) is 38.1 Å². The third-order valence-corrected chi connectivity index (χ3v) is 7.33. The fourth-order valence-corrected chi connectivity index (χ4v) is 5.42. The molecule has 0 spiro atoms. The Morgan fingerprint density at radius 2 is 1.76 bits per heavy atom. The maximum absolute atomic E-state index is 12.7. The van der Waals surface area contributed by atoms with Crippen LogP contribution in [0.25, 0.3) is 0 Å². The smallest absolute Gasteiger partial charge is 0.322 e. The average molecular weight is 485 g/mol. The van der Waals surface area contributed by atoms with Gasteiger partial charge in [-0.1, -0.05) is 41.5 Å². The van der Waals surface area contributed by atoms with E-state index in [2.05, 4.69) is 37.8 Å². The molecular formula is C24H32N6O3S. The largest absolute Gasteiger partial charge is 0.424 e. The molecule has 0 saturated carbocycles. The number of nitrogens with one attached hydrogen (secondary N) is 1. The third kappa shape index (κ3) is 5.94. The summed E-state index contributed by atoms with van der Waals surface area (Å²) in [7, 11) is -1.43. The van der Waals surface area contributed by atoms with Gasteiger partial charge in [-0.15, -0.1) is 5.10 Å². The summed E-state index contributed by atoms with van der Waals surface area (Å²) >= 11 is 0. The van der Waals surface area contributed by atoms with Gasteiger partial charge in [0.2, 0.25) is 10.0 Å². The van der Waals surface area contributed by atoms with Gasteiger partial charge in [0.15, 0.2) is 5.82 Å². The molecule has 4 rings (SSSR count). The van der Waals surface area contributed by atoms with Gasteiger partial charge in [0.1, 0.15) is 5.75 Å². The number of benzene rings is 2. The second-order valence-electron chi connectivity index (χ2n) is 8.56. The average Bonchev–Trinajstić information content (AvgIpc) is 3.22. The summed E-state index contributed by atoms with van der Waals surface area (Å²) in [4.78, 5) is 4.66. The number of anilines is 1. The minimum absolute atomic E-state index is 0.0963. The van der Waals surface area contributed by atoms with Crippen molar-refractivity contribution in [3.63, 3.8) is 0 Å². The van der Waals surface area contributed by atoms with Crippen LogP contribution in [0.4, 0.5) is 5.69 Å². The molecule has 0 unspecified atom stereocenters. The lowest BCUT2D eigenvalue weighted by molar-refractivity contribution is 0.312. The Balaban J connectivity index is 1.47. The number of likely N-dealkylation sites (N-methyl/N-ethyl adjacent to an activating group) is 1. The standard InChI is InChI=1S/C24H32N6O3S/c1-4-30-23(19(2)27-34(31,32)18-20-9-6-5-7-10-20)25-26-24(30)33-22-12-8-11-21(17-22)29-15-13-28(3)14-16-29/h5-12,17,19,27H,4,13-16,18H2,1-3H3/t19-/m1/s1. The summed E-state index contributed by atoms with van der Waals surface area (Å²) in [5.41, 5.74) is 1.83. The third-order valence-electron chi connectivity index (χ3n) is 5.90. The highest BCUT2D eigenvalue weighted by atomic mass is 32.2. The maximum atomic E-state index is 12.7. The number of hydrogen-bond acceptors (Lipinski definition) is 7. The summed E-state index contributed by atoms with van der Waals surface area (Å²) in [6, 6.07) is 16.8. The number of hydrogen-bond donors (Lipinski definition) is 1. The van der Waals surface area contributed by atoms with Crippen LogP contribution in [0.5, 0.6) is 11.8 Å². The van der Waals surface area contributed by atoms with Crippen molar-refractivity contribution in [2.24, 2.45) is 0 Å². The summed E-state index contributed by atoms with van der Waals surface area (Å²) in [5, 5.41) is 8.45. The van der Waals surface area contributed by atoms with Crippen molar-refractivity contribution >= 4 is 15.7 Å². The molecule has 0 aliphatic carbocycles. The molecule has 2 heterocycles. The molecule has 1 aliphatic heterocycles. The molecule has 34 heavy (non-hydrogen) atoms. The zero-order valence-corrected chi connectivity index (χ0v) is 20.7. The Morgan fingerprint density at radius 3 is 2.47 bits per heavy atom. The number of ether oxygens (including phenoxy) is 1. The van der Waals surface area contributed by atoms with Crippen LogP contribution < -0.4 is 14.4 Å². The van der Waals surface area contributed by atoms with Gasteiger partial charge in [-0.2, -0.15) is 0 Å². The molecule has 0 radical (unpaired) electrons. The van der Waals surface area contributed by atoms with E-state index in [0.29, 0.717) is 24.1 Å². The molecule has 1 aromatic heterocycles. The Kier molecular flexibility index (Phi) is 7.50. The monoisotopic (exact) mass is 484 g/mol. The summed E-state index contributed by atoms with van der Waals surface area (Å²) in [5.74, 6) is 1.08. The van der Waals surface area contributed by atoms with E-state index in [1.54, 1.807) is 23.6 Å². The highest BCUT2D eigenvalue weighted by molar-refractivity contribution is 7.88. The molecule has 1 aliphatic rings. The van der Waals surface area contributed by atoms with Gasteiger partial charge in [-0.3, -0.25) is 4.57 Å². The molecule has 10 heteroatoms. The zero-order chi connectivity index (χ0) is 24.1. The van der Waals surface area contributed by atoms with Crippen LogP contribution in [0.2, 0.25) is 0 Å². The number of nitrogens with zero attached hydrogens (tertiary/aromatic N) is 5. The summed E-state index contributed by atoms with van der Waals surface area (Å²) in [6.45, 7) is 8.24. The molecule has 0 amide bonds. The molecule has 2 aromatic carbocycles. The fraction of sp³-hybridized carbons (Fsp3) is 0.417. The van der Waals surface area contributed by atoms with E-state index in [-0.39, 0.29) is 5.75 Å². The predicted octanol–water partition coefficient (Wildman–Crippen LogP) is 3.02. The Labute approximate surface area is 201 Å². The van der Waals surface area contributed by atoms with E-state index in [1.807, 2.05) is 43.3 Å². The second kappa shape index (κ2) is 10.5. The minimum Gasteiger partial charge on any atom is -0.424 e. The van der Waals surface area contributed by atoms with Crippen LogP contribution in [-0.4, -0.2) is 61.3 Å². The van der Waals surface area contributed by atoms with E-state index < -0.39 is 16.1 Å². The highest BCUT2D eigenvalue weighted by Crippen LogP contribution is 2.27. The van der Waals surface area contributed by atoms with Crippen LogP contribution in [-0.2, 0) is 22.3 Å². The SMILES string of the molecule is CCn1c(Oc2cccc(N3CCN(C)CC3)c2)nnc1[C@@H](C)NS(=O)(=O)Cc1ccccc1. The topological polar surface area (TPSA) is 92.6 Å². The first-order chi connectivity index (χ1) is 16.3. The van der Waals surface area contributed by atoms with Crippen molar-refractivity contribution in [3.05, 3.63) is 66.0 Å². The van der Waals surface area contributed by atoms with E-state index in [0.717, 1.165) is 37.4 Å². The molecule has 182 valence electrons. The molecule has 0 bridgehead atoms. The Hall–Kier alpha value is -2.95. The predicted molar refractivity (Wildman–Crippen MR) is 133 cm³/mol. The first kappa shape index (κ1) is 24.2. The minimum atomic E-state index is -3.56. The fourth-order valence-electron chi connectivity index (χ4n) is 4.06. The first-order valence-electron chi connectivity index (χ1n) is 11.5. The molecular weight excluding hydrogens is 452 g/mol. The first-order valence-corrected chi connectivity index (χ1v) is 13.2. The van der Waals surface area contributed by atoms with E-state index in [4.69, 9.17) is 4.74 Å². The van der Waals surface area contributed by atoms with Gasteiger partial charge in [0.05, 0.1) is 11.8 Å².